The van der Waals surface area contributed by atoms with Gasteiger partial charge in [-0.2, -0.15) is 0 Å². The van der Waals surface area contributed by atoms with E-state index >= 15 is 0 Å². The van der Waals surface area contributed by atoms with E-state index in [2.05, 4.69) is 21.2 Å². The third kappa shape index (κ3) is 4.04. The highest BCUT2D eigenvalue weighted by Gasteiger charge is 2.17. The van der Waals surface area contributed by atoms with Gasteiger partial charge in [0.05, 0.1) is 5.69 Å². The minimum Gasteiger partial charge on any atom is -0.481 e. The fourth-order valence-corrected chi connectivity index (χ4v) is 2.09. The second kappa shape index (κ2) is 6.72. The highest BCUT2D eigenvalue weighted by molar-refractivity contribution is 9.10. The Kier molecular flexibility index (Phi) is 4.96. The molecule has 0 saturated carbocycles. The van der Waals surface area contributed by atoms with Crippen LogP contribution in [0.15, 0.2) is 46.9 Å². The Bertz CT molecular complexity index is 660. The summed E-state index contributed by atoms with van der Waals surface area (Å²) < 4.78 is 19.9. The molecule has 3 nitrogen and oxygen atoms in total. The van der Waals surface area contributed by atoms with Crippen LogP contribution in [-0.2, 0) is 4.79 Å². The third-order valence-electron chi connectivity index (χ3n) is 2.96. The first-order chi connectivity index (χ1) is 9.97. The van der Waals surface area contributed by atoms with Crippen LogP contribution in [0.4, 0.5) is 10.1 Å². The van der Waals surface area contributed by atoms with Gasteiger partial charge in [0.15, 0.2) is 6.10 Å². The largest absolute Gasteiger partial charge is 0.481 e. The minimum atomic E-state index is -0.728. The predicted octanol–water partition coefficient (Wildman–Crippen LogP) is 4.30. The highest BCUT2D eigenvalue weighted by Crippen LogP contribution is 2.21. The zero-order valence-electron chi connectivity index (χ0n) is 11.7. The summed E-state index contributed by atoms with van der Waals surface area (Å²) in [5.74, 6) is -0.267. The van der Waals surface area contributed by atoms with E-state index in [1.54, 1.807) is 19.1 Å². The zero-order valence-corrected chi connectivity index (χ0v) is 13.3. The van der Waals surface area contributed by atoms with Crippen molar-refractivity contribution in [3.8, 4) is 5.75 Å². The molecule has 0 unspecified atom stereocenters. The number of amides is 1. The molecule has 21 heavy (non-hydrogen) atoms. The summed E-state index contributed by atoms with van der Waals surface area (Å²) in [5, 5.41) is 2.52. The third-order valence-corrected chi connectivity index (χ3v) is 3.45. The number of hydrogen-bond donors (Lipinski definition) is 1. The number of carbonyl (C=O) groups is 1. The van der Waals surface area contributed by atoms with Crippen molar-refractivity contribution >= 4 is 27.5 Å². The van der Waals surface area contributed by atoms with Gasteiger partial charge < -0.3 is 10.1 Å². The van der Waals surface area contributed by atoms with Gasteiger partial charge >= 0.3 is 0 Å². The molecule has 0 aliphatic carbocycles. The van der Waals surface area contributed by atoms with Crippen molar-refractivity contribution in [2.24, 2.45) is 0 Å². The Labute approximate surface area is 131 Å². The summed E-state index contributed by atoms with van der Waals surface area (Å²) in [6.45, 7) is 3.52. The molecule has 0 aliphatic heterocycles. The lowest BCUT2D eigenvalue weighted by Gasteiger charge is -2.16. The molecular formula is C16H15BrFNO2. The van der Waals surface area contributed by atoms with E-state index in [-0.39, 0.29) is 5.69 Å². The quantitative estimate of drug-likeness (QED) is 0.891. The van der Waals surface area contributed by atoms with Gasteiger partial charge in [-0.3, -0.25) is 4.79 Å². The molecule has 1 N–H and O–H groups in total. The van der Waals surface area contributed by atoms with E-state index < -0.39 is 17.8 Å². The Balaban J connectivity index is 2.04. The molecule has 0 heterocycles. The summed E-state index contributed by atoms with van der Waals surface area (Å²) in [5.41, 5.74) is 1.07. The molecule has 0 fully saturated rings. The molecular weight excluding hydrogens is 337 g/mol. The smallest absolute Gasteiger partial charge is 0.265 e. The molecule has 0 spiro atoms. The van der Waals surface area contributed by atoms with Crippen molar-refractivity contribution in [3.05, 3.63) is 58.3 Å². The first-order valence-electron chi connectivity index (χ1n) is 6.45. The Hall–Kier alpha value is -1.88. The van der Waals surface area contributed by atoms with E-state index in [9.17, 15) is 9.18 Å². The fourth-order valence-electron chi connectivity index (χ4n) is 1.76. The van der Waals surface area contributed by atoms with Gasteiger partial charge in [-0.25, -0.2) is 4.39 Å². The molecule has 5 heteroatoms. The number of rotatable bonds is 4. The maximum atomic E-state index is 13.7. The van der Waals surface area contributed by atoms with Crippen molar-refractivity contribution in [2.45, 2.75) is 20.0 Å². The molecule has 0 bridgehead atoms. The number of para-hydroxylation sites is 1. The summed E-state index contributed by atoms with van der Waals surface area (Å²) in [7, 11) is 0. The number of nitrogens with one attached hydrogen (secondary N) is 1. The van der Waals surface area contributed by atoms with Gasteiger partial charge in [0.2, 0.25) is 0 Å². The van der Waals surface area contributed by atoms with Crippen molar-refractivity contribution in [1.82, 2.24) is 0 Å². The Morgan fingerprint density at radius 3 is 2.67 bits per heavy atom. The number of hydrogen-bond acceptors (Lipinski definition) is 2. The normalized spacial score (nSPS) is 11.8. The van der Waals surface area contributed by atoms with E-state index in [1.807, 2.05) is 25.1 Å². The van der Waals surface area contributed by atoms with Crippen LogP contribution in [0.1, 0.15) is 12.5 Å². The average Bonchev–Trinajstić information content (AvgIpc) is 2.44. The average molecular weight is 352 g/mol. The number of benzene rings is 2. The Morgan fingerprint density at radius 1 is 1.29 bits per heavy atom. The molecule has 110 valence electrons. The van der Waals surface area contributed by atoms with Crippen molar-refractivity contribution in [1.29, 1.82) is 0 Å². The van der Waals surface area contributed by atoms with Gasteiger partial charge in [0.25, 0.3) is 5.91 Å². The fraction of sp³-hybridized carbons (Fsp3) is 0.188. The van der Waals surface area contributed by atoms with E-state index in [0.29, 0.717) is 10.2 Å². The lowest BCUT2D eigenvalue weighted by molar-refractivity contribution is -0.122. The van der Waals surface area contributed by atoms with Gasteiger partial charge in [-0.05, 0) is 43.7 Å². The SMILES string of the molecule is Cc1ccccc1O[C@@H](C)C(=O)Nc1ccc(Br)cc1F. The Morgan fingerprint density at radius 2 is 2.00 bits per heavy atom. The number of aryl methyl sites for hydroxylation is 1. The van der Waals surface area contributed by atoms with Crippen LogP contribution in [0, 0.1) is 12.7 Å². The molecule has 0 radical (unpaired) electrons. The monoisotopic (exact) mass is 351 g/mol. The molecule has 2 rings (SSSR count). The van der Waals surface area contributed by atoms with Crippen LogP contribution in [0.5, 0.6) is 5.75 Å². The number of halogens is 2. The first-order valence-corrected chi connectivity index (χ1v) is 7.25. The zero-order chi connectivity index (χ0) is 15.4. The lowest BCUT2D eigenvalue weighted by atomic mass is 10.2. The van der Waals surface area contributed by atoms with Crippen molar-refractivity contribution in [2.75, 3.05) is 5.32 Å². The van der Waals surface area contributed by atoms with Crippen LogP contribution in [0.2, 0.25) is 0 Å². The standard InChI is InChI=1S/C16H15BrFNO2/c1-10-5-3-4-6-15(10)21-11(2)16(20)19-14-8-7-12(17)9-13(14)18/h3-9,11H,1-2H3,(H,19,20)/t11-/m0/s1. The van der Waals surface area contributed by atoms with Crippen molar-refractivity contribution in [3.63, 3.8) is 0 Å². The number of carbonyl (C=O) groups excluding carboxylic acids is 1. The van der Waals surface area contributed by atoms with Gasteiger partial charge in [0.1, 0.15) is 11.6 Å². The minimum absolute atomic E-state index is 0.128. The second-order valence-corrected chi connectivity index (χ2v) is 5.55. The van der Waals surface area contributed by atoms with Crippen LogP contribution in [0.3, 0.4) is 0 Å². The van der Waals surface area contributed by atoms with E-state index in [4.69, 9.17) is 4.74 Å². The summed E-state index contributed by atoms with van der Waals surface area (Å²) in [4.78, 5) is 12.1. The van der Waals surface area contributed by atoms with Gasteiger partial charge in [-0.1, -0.05) is 34.1 Å². The highest BCUT2D eigenvalue weighted by atomic mass is 79.9. The molecule has 2 aromatic carbocycles. The molecule has 0 aromatic heterocycles. The van der Waals surface area contributed by atoms with Crippen LogP contribution >= 0.6 is 15.9 Å². The lowest BCUT2D eigenvalue weighted by Crippen LogP contribution is -2.30. The summed E-state index contributed by atoms with van der Waals surface area (Å²) in [6.07, 6.45) is -0.728. The molecule has 0 aliphatic rings. The molecule has 0 saturated heterocycles. The van der Waals surface area contributed by atoms with Crippen LogP contribution in [0.25, 0.3) is 0 Å². The summed E-state index contributed by atoms with van der Waals surface area (Å²) in [6, 6.07) is 11.9. The van der Waals surface area contributed by atoms with Gasteiger partial charge in [-0.15, -0.1) is 0 Å². The van der Waals surface area contributed by atoms with Gasteiger partial charge in [0, 0.05) is 4.47 Å². The first kappa shape index (κ1) is 15.5. The van der Waals surface area contributed by atoms with Crippen LogP contribution < -0.4 is 10.1 Å². The number of ether oxygens (including phenoxy) is 1. The number of anilines is 1. The van der Waals surface area contributed by atoms with Crippen LogP contribution in [-0.4, -0.2) is 12.0 Å². The van der Waals surface area contributed by atoms with E-state index in [0.717, 1.165) is 5.56 Å². The molecule has 1 amide bonds. The topological polar surface area (TPSA) is 38.3 Å². The second-order valence-electron chi connectivity index (χ2n) is 4.64. The predicted molar refractivity (Wildman–Crippen MR) is 84.0 cm³/mol. The maximum Gasteiger partial charge on any atom is 0.265 e. The molecule has 1 atom stereocenters. The molecule has 2 aromatic rings. The summed E-state index contributed by atoms with van der Waals surface area (Å²) >= 11 is 3.17. The van der Waals surface area contributed by atoms with E-state index in [1.165, 1.54) is 12.1 Å². The maximum absolute atomic E-state index is 13.7. The van der Waals surface area contributed by atoms with Crippen molar-refractivity contribution < 1.29 is 13.9 Å².